The molecule has 0 aromatic heterocycles. The molecule has 0 bridgehead atoms. The van der Waals surface area contributed by atoms with Gasteiger partial charge in [-0.2, -0.15) is 0 Å². The van der Waals surface area contributed by atoms with Gasteiger partial charge >= 0.3 is 7.82 Å². The summed E-state index contributed by atoms with van der Waals surface area (Å²) < 4.78 is 25.8. The van der Waals surface area contributed by atoms with Crippen molar-refractivity contribution in [1.29, 1.82) is 0 Å². The monoisotopic (exact) mass is 238 g/mol. The Hall–Kier alpha value is 0.110. The van der Waals surface area contributed by atoms with E-state index in [9.17, 15) is 4.57 Å². The lowest BCUT2D eigenvalue weighted by Gasteiger charge is -2.12. The molecule has 0 N–H and O–H groups in total. The number of phosphoric acid groups is 1. The minimum atomic E-state index is -3.24. The SMILES string of the molecule is CCCCCCCCOP(=O)(OC)OC. The predicted octanol–water partition coefficient (Wildman–Crippen LogP) is 3.76. The van der Waals surface area contributed by atoms with Crippen LogP contribution in [0.3, 0.4) is 0 Å². The summed E-state index contributed by atoms with van der Waals surface area (Å²) in [6, 6.07) is 0. The standard InChI is InChI=1S/C10H23O4P/c1-4-5-6-7-8-9-10-14-15(11,12-2)13-3/h4-10H2,1-3H3. The van der Waals surface area contributed by atoms with Crippen LogP contribution in [0.1, 0.15) is 45.4 Å². The first-order valence-electron chi connectivity index (χ1n) is 5.54. The second-order valence-electron chi connectivity index (χ2n) is 3.41. The molecular formula is C10H23O4P. The maximum absolute atomic E-state index is 11.4. The molecule has 4 nitrogen and oxygen atoms in total. The topological polar surface area (TPSA) is 44.8 Å². The molecule has 0 fully saturated rings. The number of phosphoric ester groups is 1. The van der Waals surface area contributed by atoms with E-state index in [1.54, 1.807) is 0 Å². The molecule has 0 atom stereocenters. The van der Waals surface area contributed by atoms with Gasteiger partial charge in [-0.3, -0.25) is 13.6 Å². The highest BCUT2D eigenvalue weighted by atomic mass is 31.2. The van der Waals surface area contributed by atoms with Gasteiger partial charge in [0, 0.05) is 14.2 Å². The summed E-state index contributed by atoms with van der Waals surface area (Å²) in [4.78, 5) is 0. The first-order chi connectivity index (χ1) is 7.18. The van der Waals surface area contributed by atoms with Gasteiger partial charge in [0.1, 0.15) is 0 Å². The van der Waals surface area contributed by atoms with Gasteiger partial charge in [-0.25, -0.2) is 4.57 Å². The molecule has 0 rings (SSSR count). The zero-order valence-electron chi connectivity index (χ0n) is 10.0. The minimum Gasteiger partial charge on any atom is -0.290 e. The molecule has 0 radical (unpaired) electrons. The minimum absolute atomic E-state index is 0.436. The molecule has 0 aromatic carbocycles. The fourth-order valence-corrected chi connectivity index (χ4v) is 1.95. The molecular weight excluding hydrogens is 215 g/mol. The Balaban J connectivity index is 3.34. The van der Waals surface area contributed by atoms with Crippen LogP contribution < -0.4 is 0 Å². The van der Waals surface area contributed by atoms with E-state index in [1.807, 2.05) is 0 Å². The third-order valence-corrected chi connectivity index (χ3v) is 3.59. The zero-order chi connectivity index (χ0) is 11.6. The van der Waals surface area contributed by atoms with Crippen LogP contribution in [0.2, 0.25) is 0 Å². The third kappa shape index (κ3) is 7.97. The van der Waals surface area contributed by atoms with Crippen LogP contribution in [-0.4, -0.2) is 20.8 Å². The summed E-state index contributed by atoms with van der Waals surface area (Å²) in [5, 5.41) is 0. The molecule has 0 aliphatic heterocycles. The molecule has 0 amide bonds. The highest BCUT2D eigenvalue weighted by Gasteiger charge is 2.21. The van der Waals surface area contributed by atoms with E-state index in [2.05, 4.69) is 16.0 Å². The van der Waals surface area contributed by atoms with E-state index in [1.165, 1.54) is 39.9 Å². The van der Waals surface area contributed by atoms with E-state index < -0.39 is 7.82 Å². The summed E-state index contributed by atoms with van der Waals surface area (Å²) >= 11 is 0. The summed E-state index contributed by atoms with van der Waals surface area (Å²) in [7, 11) is -0.593. The van der Waals surface area contributed by atoms with Crippen LogP contribution in [0.5, 0.6) is 0 Å². The number of hydrogen-bond donors (Lipinski definition) is 0. The molecule has 5 heteroatoms. The van der Waals surface area contributed by atoms with Crippen LogP contribution >= 0.6 is 7.82 Å². The van der Waals surface area contributed by atoms with E-state index in [0.717, 1.165) is 12.8 Å². The van der Waals surface area contributed by atoms with Gasteiger partial charge in [0.2, 0.25) is 0 Å². The Bertz CT molecular complexity index is 176. The maximum Gasteiger partial charge on any atom is 0.474 e. The van der Waals surface area contributed by atoms with Gasteiger partial charge in [0.05, 0.1) is 6.61 Å². The first-order valence-corrected chi connectivity index (χ1v) is 7.00. The normalized spacial score (nSPS) is 11.9. The lowest BCUT2D eigenvalue weighted by molar-refractivity contribution is 0.150. The molecule has 0 saturated heterocycles. The van der Waals surface area contributed by atoms with Crippen molar-refractivity contribution in [2.45, 2.75) is 45.4 Å². The van der Waals surface area contributed by atoms with E-state index >= 15 is 0 Å². The maximum atomic E-state index is 11.4. The van der Waals surface area contributed by atoms with Crippen molar-refractivity contribution in [1.82, 2.24) is 0 Å². The number of hydrogen-bond acceptors (Lipinski definition) is 4. The quantitative estimate of drug-likeness (QED) is 0.429. The third-order valence-electron chi connectivity index (χ3n) is 2.19. The predicted molar refractivity (Wildman–Crippen MR) is 61.0 cm³/mol. The molecule has 0 unspecified atom stereocenters. The van der Waals surface area contributed by atoms with Crippen LogP contribution in [-0.2, 0) is 18.1 Å². The molecule has 15 heavy (non-hydrogen) atoms. The first kappa shape index (κ1) is 15.1. The summed E-state index contributed by atoms with van der Waals surface area (Å²) in [5.74, 6) is 0. The van der Waals surface area contributed by atoms with Crippen LogP contribution in [0.25, 0.3) is 0 Å². The van der Waals surface area contributed by atoms with Gasteiger partial charge in [0.15, 0.2) is 0 Å². The van der Waals surface area contributed by atoms with Gasteiger partial charge < -0.3 is 0 Å². The van der Waals surface area contributed by atoms with E-state index in [-0.39, 0.29) is 0 Å². The molecule has 92 valence electrons. The van der Waals surface area contributed by atoms with Crippen molar-refractivity contribution in [2.75, 3.05) is 20.8 Å². The Morgan fingerprint density at radius 1 is 0.933 bits per heavy atom. The van der Waals surface area contributed by atoms with E-state index in [0.29, 0.717) is 6.61 Å². The summed E-state index contributed by atoms with van der Waals surface area (Å²) in [5.41, 5.74) is 0. The molecule has 0 spiro atoms. The Kier molecular flexibility index (Phi) is 9.41. The van der Waals surface area contributed by atoms with Crippen molar-refractivity contribution in [3.05, 3.63) is 0 Å². The number of rotatable bonds is 10. The molecule has 0 aliphatic carbocycles. The van der Waals surface area contributed by atoms with Crippen molar-refractivity contribution in [2.24, 2.45) is 0 Å². The zero-order valence-corrected chi connectivity index (χ0v) is 10.9. The van der Waals surface area contributed by atoms with Gasteiger partial charge in [-0.15, -0.1) is 0 Å². The van der Waals surface area contributed by atoms with Crippen LogP contribution in [0, 0.1) is 0 Å². The average molecular weight is 238 g/mol. The molecule has 0 heterocycles. The second-order valence-corrected chi connectivity index (χ2v) is 5.30. The highest BCUT2D eigenvalue weighted by Crippen LogP contribution is 2.47. The van der Waals surface area contributed by atoms with Gasteiger partial charge in [-0.05, 0) is 6.42 Å². The van der Waals surface area contributed by atoms with Crippen LogP contribution in [0.4, 0.5) is 0 Å². The fourth-order valence-electron chi connectivity index (χ4n) is 1.24. The van der Waals surface area contributed by atoms with Crippen molar-refractivity contribution >= 4 is 7.82 Å². The lowest BCUT2D eigenvalue weighted by Crippen LogP contribution is -1.97. The smallest absolute Gasteiger partial charge is 0.290 e. The average Bonchev–Trinajstić information content (AvgIpc) is 2.27. The Morgan fingerprint density at radius 2 is 1.47 bits per heavy atom. The second kappa shape index (κ2) is 9.34. The van der Waals surface area contributed by atoms with Crippen molar-refractivity contribution in [3.63, 3.8) is 0 Å². The summed E-state index contributed by atoms with van der Waals surface area (Å²) in [6.45, 7) is 2.63. The fraction of sp³-hybridized carbons (Fsp3) is 1.00. The van der Waals surface area contributed by atoms with Crippen molar-refractivity contribution < 1.29 is 18.1 Å². The van der Waals surface area contributed by atoms with Gasteiger partial charge in [0.25, 0.3) is 0 Å². The number of unbranched alkanes of at least 4 members (excludes halogenated alkanes) is 5. The highest BCUT2D eigenvalue weighted by molar-refractivity contribution is 7.48. The molecule has 0 aliphatic rings. The Morgan fingerprint density at radius 3 is 2.00 bits per heavy atom. The van der Waals surface area contributed by atoms with Crippen LogP contribution in [0.15, 0.2) is 0 Å². The molecule has 0 aromatic rings. The Labute approximate surface area is 92.9 Å². The lowest BCUT2D eigenvalue weighted by atomic mass is 10.1. The molecule has 0 saturated carbocycles. The largest absolute Gasteiger partial charge is 0.474 e. The van der Waals surface area contributed by atoms with Crippen molar-refractivity contribution in [3.8, 4) is 0 Å². The van der Waals surface area contributed by atoms with Gasteiger partial charge in [-0.1, -0.05) is 39.0 Å². The van der Waals surface area contributed by atoms with E-state index in [4.69, 9.17) is 4.52 Å². The summed E-state index contributed by atoms with van der Waals surface area (Å²) in [6.07, 6.45) is 7.02.